The van der Waals surface area contributed by atoms with E-state index >= 15 is 0 Å². The Morgan fingerprint density at radius 1 is 1.12 bits per heavy atom. The maximum Gasteiger partial charge on any atom is 0.331 e. The van der Waals surface area contributed by atoms with Crippen molar-refractivity contribution < 1.29 is 18.4 Å². The first-order valence-corrected chi connectivity index (χ1v) is 14.9. The average molecular weight is 493 g/mol. The SMILES string of the molecule is CCOP(=O)(CCNCC(=O)N1CCc2cc(CC3CCC(C(C)(C)C)CC3)ccc21)OCC. The Bertz CT molecular complexity index is 849. The smallest absolute Gasteiger partial charge is 0.311 e. The van der Waals surface area contributed by atoms with E-state index in [-0.39, 0.29) is 18.6 Å². The molecule has 1 aromatic carbocycles. The molecule has 1 aromatic rings. The fraction of sp³-hybridized carbons (Fsp3) is 0.741. The zero-order valence-electron chi connectivity index (χ0n) is 21.9. The van der Waals surface area contributed by atoms with E-state index in [1.807, 2.05) is 4.90 Å². The number of amides is 1. The Labute approximate surface area is 206 Å². The van der Waals surface area contributed by atoms with Crippen LogP contribution in [0.25, 0.3) is 0 Å². The number of nitrogens with one attached hydrogen (secondary N) is 1. The Hall–Kier alpha value is -1.20. The number of rotatable bonds is 11. The molecule has 2 aliphatic rings. The van der Waals surface area contributed by atoms with E-state index in [4.69, 9.17) is 9.05 Å². The maximum atomic E-state index is 12.8. The van der Waals surface area contributed by atoms with E-state index in [0.29, 0.717) is 25.2 Å². The second kappa shape index (κ2) is 12.2. The standard InChI is InChI=1S/C27H45N2O4P/c1-6-32-34(31,33-7-2)17-15-28-20-26(30)29-16-14-23-19-22(10-13-25(23)29)18-21-8-11-24(12-9-21)27(3,4)5/h10,13,19,21,24,28H,6-9,11-12,14-18,20H2,1-5H3. The van der Waals surface area contributed by atoms with Gasteiger partial charge in [-0.3, -0.25) is 9.36 Å². The summed E-state index contributed by atoms with van der Waals surface area (Å²) in [4.78, 5) is 14.7. The van der Waals surface area contributed by atoms with Gasteiger partial charge in [-0.1, -0.05) is 32.9 Å². The molecule has 0 bridgehead atoms. The molecule has 0 radical (unpaired) electrons. The third-order valence-corrected chi connectivity index (χ3v) is 9.50. The summed E-state index contributed by atoms with van der Waals surface area (Å²) in [7, 11) is -3.08. The Kier molecular flexibility index (Phi) is 9.80. The highest BCUT2D eigenvalue weighted by Crippen LogP contribution is 2.47. The van der Waals surface area contributed by atoms with Crippen LogP contribution in [-0.2, 0) is 31.2 Å². The molecule has 1 N–H and O–H groups in total. The molecular weight excluding hydrogens is 447 g/mol. The number of carbonyl (C=O) groups excluding carboxylic acids is 1. The van der Waals surface area contributed by atoms with Crippen LogP contribution in [0.4, 0.5) is 5.69 Å². The molecule has 7 heteroatoms. The molecule has 0 unspecified atom stereocenters. The van der Waals surface area contributed by atoms with Gasteiger partial charge in [0.1, 0.15) is 0 Å². The second-order valence-corrected chi connectivity index (χ2v) is 13.1. The molecule has 1 saturated carbocycles. The first-order valence-electron chi connectivity index (χ1n) is 13.2. The van der Waals surface area contributed by atoms with E-state index in [9.17, 15) is 9.36 Å². The van der Waals surface area contributed by atoms with Gasteiger partial charge in [0.15, 0.2) is 0 Å². The lowest BCUT2D eigenvalue weighted by Crippen LogP contribution is -2.38. The Morgan fingerprint density at radius 2 is 1.79 bits per heavy atom. The van der Waals surface area contributed by atoms with Crippen LogP contribution < -0.4 is 10.2 Å². The van der Waals surface area contributed by atoms with Gasteiger partial charge < -0.3 is 19.3 Å². The molecule has 1 aliphatic heterocycles. The lowest BCUT2D eigenvalue weighted by Gasteiger charge is -2.37. The maximum absolute atomic E-state index is 12.8. The van der Waals surface area contributed by atoms with Crippen molar-refractivity contribution in [1.29, 1.82) is 0 Å². The van der Waals surface area contributed by atoms with Crippen LogP contribution in [0.2, 0.25) is 0 Å². The van der Waals surface area contributed by atoms with Crippen LogP contribution in [-0.4, -0.2) is 44.9 Å². The molecular formula is C27H45N2O4P. The van der Waals surface area contributed by atoms with Crippen molar-refractivity contribution in [2.75, 3.05) is 43.9 Å². The number of carbonyl (C=O) groups is 1. The number of anilines is 1. The third-order valence-electron chi connectivity index (χ3n) is 7.43. The van der Waals surface area contributed by atoms with Gasteiger partial charge in [-0.05, 0) is 86.8 Å². The van der Waals surface area contributed by atoms with Crippen LogP contribution in [0.15, 0.2) is 18.2 Å². The molecule has 6 nitrogen and oxygen atoms in total. The number of nitrogens with zero attached hydrogens (tertiary/aromatic N) is 1. The molecule has 0 aromatic heterocycles. The topological polar surface area (TPSA) is 67.9 Å². The minimum atomic E-state index is -3.08. The summed E-state index contributed by atoms with van der Waals surface area (Å²) in [5.41, 5.74) is 4.16. The van der Waals surface area contributed by atoms with Gasteiger partial charge in [0, 0.05) is 18.8 Å². The van der Waals surface area contributed by atoms with Crippen LogP contribution in [0.1, 0.15) is 71.4 Å². The first-order chi connectivity index (χ1) is 16.1. The molecule has 1 amide bonds. The highest BCUT2D eigenvalue weighted by molar-refractivity contribution is 7.53. The molecule has 1 aliphatic carbocycles. The number of benzene rings is 1. The fourth-order valence-corrected chi connectivity index (χ4v) is 7.03. The summed E-state index contributed by atoms with van der Waals surface area (Å²) >= 11 is 0. The molecule has 1 fully saturated rings. The van der Waals surface area contributed by atoms with Crippen LogP contribution in [0, 0.1) is 17.3 Å². The monoisotopic (exact) mass is 492 g/mol. The van der Waals surface area contributed by atoms with Crippen molar-refractivity contribution >= 4 is 19.2 Å². The predicted molar refractivity (Wildman–Crippen MR) is 140 cm³/mol. The zero-order chi connectivity index (χ0) is 24.8. The molecule has 192 valence electrons. The Morgan fingerprint density at radius 3 is 2.41 bits per heavy atom. The van der Waals surface area contributed by atoms with Crippen LogP contribution >= 0.6 is 7.60 Å². The molecule has 3 rings (SSSR count). The van der Waals surface area contributed by atoms with E-state index in [1.54, 1.807) is 13.8 Å². The van der Waals surface area contributed by atoms with Gasteiger partial charge in [-0.15, -0.1) is 0 Å². The lowest BCUT2D eigenvalue weighted by atomic mass is 9.69. The average Bonchev–Trinajstić information content (AvgIpc) is 3.20. The van der Waals surface area contributed by atoms with E-state index in [1.165, 1.54) is 36.8 Å². The van der Waals surface area contributed by atoms with Crippen LogP contribution in [0.5, 0.6) is 0 Å². The largest absolute Gasteiger partial charge is 0.331 e. The summed E-state index contributed by atoms with van der Waals surface area (Å²) in [6, 6.07) is 6.68. The highest BCUT2D eigenvalue weighted by Gasteiger charge is 2.30. The minimum absolute atomic E-state index is 0.0506. The van der Waals surface area contributed by atoms with E-state index < -0.39 is 7.60 Å². The van der Waals surface area contributed by atoms with Crippen molar-refractivity contribution in [3.63, 3.8) is 0 Å². The normalized spacial score (nSPS) is 21.0. The molecule has 0 spiro atoms. The zero-order valence-corrected chi connectivity index (χ0v) is 22.8. The third kappa shape index (κ3) is 7.40. The fourth-order valence-electron chi connectivity index (χ4n) is 5.47. The number of hydrogen-bond acceptors (Lipinski definition) is 5. The molecule has 0 saturated heterocycles. The van der Waals surface area contributed by atoms with E-state index in [0.717, 1.165) is 36.9 Å². The molecule has 1 heterocycles. The van der Waals surface area contributed by atoms with Gasteiger partial charge >= 0.3 is 7.60 Å². The highest BCUT2D eigenvalue weighted by atomic mass is 31.2. The van der Waals surface area contributed by atoms with Gasteiger partial charge in [-0.2, -0.15) is 0 Å². The minimum Gasteiger partial charge on any atom is -0.311 e. The summed E-state index contributed by atoms with van der Waals surface area (Å²) < 4.78 is 23.1. The first kappa shape index (κ1) is 27.4. The van der Waals surface area contributed by atoms with Gasteiger partial charge in [0.2, 0.25) is 5.91 Å². The van der Waals surface area contributed by atoms with Crippen molar-refractivity contribution in [3.8, 4) is 0 Å². The van der Waals surface area contributed by atoms with E-state index in [2.05, 4.69) is 44.3 Å². The number of fused-ring (bicyclic) bond motifs is 1. The summed E-state index contributed by atoms with van der Waals surface area (Å²) in [5, 5.41) is 3.12. The van der Waals surface area contributed by atoms with Gasteiger partial charge in [-0.25, -0.2) is 0 Å². The van der Waals surface area contributed by atoms with Crippen LogP contribution in [0.3, 0.4) is 0 Å². The van der Waals surface area contributed by atoms with Crippen molar-refractivity contribution in [1.82, 2.24) is 5.32 Å². The summed E-state index contributed by atoms with van der Waals surface area (Å²) in [5.74, 6) is 1.68. The second-order valence-electron chi connectivity index (χ2n) is 10.9. The summed E-state index contributed by atoms with van der Waals surface area (Å²) in [6.07, 6.45) is 7.68. The molecule has 34 heavy (non-hydrogen) atoms. The predicted octanol–water partition coefficient (Wildman–Crippen LogP) is 5.83. The van der Waals surface area contributed by atoms with Crippen molar-refractivity contribution in [2.24, 2.45) is 17.3 Å². The van der Waals surface area contributed by atoms with Gasteiger partial charge in [0.05, 0.1) is 25.9 Å². The summed E-state index contributed by atoms with van der Waals surface area (Å²) in [6.45, 7) is 12.8. The lowest BCUT2D eigenvalue weighted by molar-refractivity contribution is -0.117. The Balaban J connectivity index is 1.47. The quantitative estimate of drug-likeness (QED) is 0.311. The van der Waals surface area contributed by atoms with Gasteiger partial charge in [0.25, 0.3) is 0 Å². The van der Waals surface area contributed by atoms with Crippen molar-refractivity contribution in [2.45, 2.75) is 73.1 Å². The molecule has 0 atom stereocenters. The van der Waals surface area contributed by atoms with Crippen molar-refractivity contribution in [3.05, 3.63) is 29.3 Å². The number of hydrogen-bond donors (Lipinski definition) is 1.